The van der Waals surface area contributed by atoms with Crippen LogP contribution in [0.2, 0.25) is 5.02 Å². The molecule has 1 atom stereocenters. The molecule has 1 saturated heterocycles. The molecule has 1 aromatic carbocycles. The second-order valence-electron chi connectivity index (χ2n) is 4.33. The minimum absolute atomic E-state index is 0.506. The molecule has 1 aliphatic heterocycles. The van der Waals surface area contributed by atoms with Gasteiger partial charge in [0.25, 0.3) is 0 Å². The standard InChI is InChI=1S/C13H16ClN3/c14-11-4-5-13(10(7-11)8-15)17-9-12-3-1-2-6-16-12/h4-5,7,12,16-17H,1-3,6,9H2. The molecule has 0 spiro atoms. The molecular formula is C13H16ClN3. The first-order valence-corrected chi connectivity index (χ1v) is 6.34. The molecule has 0 aliphatic carbocycles. The molecule has 17 heavy (non-hydrogen) atoms. The van der Waals surface area contributed by atoms with Gasteiger partial charge in [0.05, 0.1) is 11.3 Å². The normalized spacial score (nSPS) is 19.6. The summed E-state index contributed by atoms with van der Waals surface area (Å²) in [6.07, 6.45) is 3.74. The number of anilines is 1. The van der Waals surface area contributed by atoms with Crippen LogP contribution in [0.1, 0.15) is 24.8 Å². The third-order valence-corrected chi connectivity index (χ3v) is 3.29. The monoisotopic (exact) mass is 249 g/mol. The highest BCUT2D eigenvalue weighted by Crippen LogP contribution is 2.20. The molecule has 0 radical (unpaired) electrons. The lowest BCUT2D eigenvalue weighted by atomic mass is 10.0. The van der Waals surface area contributed by atoms with Crippen LogP contribution >= 0.6 is 11.6 Å². The van der Waals surface area contributed by atoms with Gasteiger partial charge in [-0.3, -0.25) is 0 Å². The van der Waals surface area contributed by atoms with Crippen molar-refractivity contribution in [2.75, 3.05) is 18.4 Å². The van der Waals surface area contributed by atoms with Crippen LogP contribution in [-0.4, -0.2) is 19.1 Å². The van der Waals surface area contributed by atoms with Crippen LogP contribution in [0.5, 0.6) is 0 Å². The molecule has 1 unspecified atom stereocenters. The maximum Gasteiger partial charge on any atom is 0.101 e. The number of hydrogen-bond donors (Lipinski definition) is 2. The highest BCUT2D eigenvalue weighted by atomic mass is 35.5. The van der Waals surface area contributed by atoms with Gasteiger partial charge in [0.15, 0.2) is 0 Å². The average Bonchev–Trinajstić information content (AvgIpc) is 2.38. The zero-order valence-corrected chi connectivity index (χ0v) is 10.4. The Morgan fingerprint density at radius 1 is 1.47 bits per heavy atom. The van der Waals surface area contributed by atoms with E-state index in [1.807, 2.05) is 6.07 Å². The summed E-state index contributed by atoms with van der Waals surface area (Å²) in [6, 6.07) is 8.02. The minimum atomic E-state index is 0.506. The van der Waals surface area contributed by atoms with Crippen molar-refractivity contribution in [3.8, 4) is 6.07 Å². The van der Waals surface area contributed by atoms with Crippen molar-refractivity contribution >= 4 is 17.3 Å². The number of benzene rings is 1. The van der Waals surface area contributed by atoms with Crippen LogP contribution in [0.4, 0.5) is 5.69 Å². The second-order valence-corrected chi connectivity index (χ2v) is 4.77. The molecule has 1 fully saturated rings. The fourth-order valence-corrected chi connectivity index (χ4v) is 2.27. The summed E-state index contributed by atoms with van der Waals surface area (Å²) >= 11 is 5.85. The maximum atomic E-state index is 9.02. The van der Waals surface area contributed by atoms with Crippen molar-refractivity contribution in [1.29, 1.82) is 5.26 Å². The Labute approximate surface area is 107 Å². The Hall–Kier alpha value is -1.24. The third kappa shape index (κ3) is 3.36. The predicted molar refractivity (Wildman–Crippen MR) is 70.3 cm³/mol. The van der Waals surface area contributed by atoms with E-state index in [4.69, 9.17) is 16.9 Å². The van der Waals surface area contributed by atoms with Crippen LogP contribution in [0.15, 0.2) is 18.2 Å². The summed E-state index contributed by atoms with van der Waals surface area (Å²) in [6.45, 7) is 1.95. The van der Waals surface area contributed by atoms with Crippen molar-refractivity contribution in [2.45, 2.75) is 25.3 Å². The molecule has 0 saturated carbocycles. The Balaban J connectivity index is 1.96. The zero-order chi connectivity index (χ0) is 12.1. The van der Waals surface area contributed by atoms with E-state index in [1.165, 1.54) is 19.3 Å². The lowest BCUT2D eigenvalue weighted by molar-refractivity contribution is 0.414. The zero-order valence-electron chi connectivity index (χ0n) is 9.67. The summed E-state index contributed by atoms with van der Waals surface area (Å²) in [5, 5.41) is 16.4. The van der Waals surface area contributed by atoms with Crippen molar-refractivity contribution in [3.05, 3.63) is 28.8 Å². The van der Waals surface area contributed by atoms with Crippen molar-refractivity contribution in [3.63, 3.8) is 0 Å². The first-order chi connectivity index (χ1) is 8.29. The highest BCUT2D eigenvalue weighted by molar-refractivity contribution is 6.30. The summed E-state index contributed by atoms with van der Waals surface area (Å²) < 4.78 is 0. The molecule has 2 rings (SSSR count). The molecule has 4 heteroatoms. The van der Waals surface area contributed by atoms with E-state index < -0.39 is 0 Å². The van der Waals surface area contributed by atoms with Crippen LogP contribution in [-0.2, 0) is 0 Å². The molecule has 2 N–H and O–H groups in total. The quantitative estimate of drug-likeness (QED) is 0.866. The number of hydrogen-bond acceptors (Lipinski definition) is 3. The van der Waals surface area contributed by atoms with Gasteiger partial charge in [-0.15, -0.1) is 0 Å². The molecule has 0 aromatic heterocycles. The van der Waals surface area contributed by atoms with E-state index in [-0.39, 0.29) is 0 Å². The van der Waals surface area contributed by atoms with Gasteiger partial charge in [0, 0.05) is 17.6 Å². The summed E-state index contributed by atoms with van der Waals surface area (Å²) in [4.78, 5) is 0. The Bertz CT molecular complexity index is 419. The summed E-state index contributed by atoms with van der Waals surface area (Å²) in [5.74, 6) is 0. The van der Waals surface area contributed by atoms with E-state index in [9.17, 15) is 0 Å². The molecule has 1 aliphatic rings. The van der Waals surface area contributed by atoms with Gasteiger partial charge in [0.1, 0.15) is 6.07 Å². The Morgan fingerprint density at radius 2 is 2.35 bits per heavy atom. The van der Waals surface area contributed by atoms with Gasteiger partial charge in [-0.2, -0.15) is 5.26 Å². The number of nitriles is 1. The third-order valence-electron chi connectivity index (χ3n) is 3.05. The minimum Gasteiger partial charge on any atom is -0.382 e. The fourth-order valence-electron chi connectivity index (χ4n) is 2.09. The molecule has 3 nitrogen and oxygen atoms in total. The summed E-state index contributed by atoms with van der Waals surface area (Å²) in [7, 11) is 0. The molecule has 0 bridgehead atoms. The lowest BCUT2D eigenvalue weighted by Crippen LogP contribution is -2.39. The van der Waals surface area contributed by atoms with Crippen molar-refractivity contribution < 1.29 is 0 Å². The number of nitrogens with one attached hydrogen (secondary N) is 2. The highest BCUT2D eigenvalue weighted by Gasteiger charge is 2.12. The van der Waals surface area contributed by atoms with Gasteiger partial charge in [0.2, 0.25) is 0 Å². The van der Waals surface area contributed by atoms with E-state index in [0.717, 1.165) is 18.8 Å². The fraction of sp³-hybridized carbons (Fsp3) is 0.462. The van der Waals surface area contributed by atoms with E-state index in [0.29, 0.717) is 16.6 Å². The SMILES string of the molecule is N#Cc1cc(Cl)ccc1NCC1CCCCN1. The molecular weight excluding hydrogens is 234 g/mol. The largest absolute Gasteiger partial charge is 0.382 e. The van der Waals surface area contributed by atoms with Gasteiger partial charge in [-0.05, 0) is 37.6 Å². The van der Waals surface area contributed by atoms with Crippen LogP contribution < -0.4 is 10.6 Å². The molecule has 1 aromatic rings. The maximum absolute atomic E-state index is 9.02. The molecule has 90 valence electrons. The van der Waals surface area contributed by atoms with E-state index in [2.05, 4.69) is 16.7 Å². The lowest BCUT2D eigenvalue weighted by Gasteiger charge is -2.24. The number of piperidine rings is 1. The second kappa shape index (κ2) is 5.90. The smallest absolute Gasteiger partial charge is 0.101 e. The van der Waals surface area contributed by atoms with Gasteiger partial charge in [-0.1, -0.05) is 18.0 Å². The van der Waals surface area contributed by atoms with Crippen LogP contribution in [0, 0.1) is 11.3 Å². The molecule has 0 amide bonds. The van der Waals surface area contributed by atoms with Gasteiger partial charge in [-0.25, -0.2) is 0 Å². The van der Waals surface area contributed by atoms with Gasteiger partial charge < -0.3 is 10.6 Å². The van der Waals surface area contributed by atoms with Crippen molar-refractivity contribution in [1.82, 2.24) is 5.32 Å². The van der Waals surface area contributed by atoms with Crippen LogP contribution in [0.3, 0.4) is 0 Å². The first-order valence-electron chi connectivity index (χ1n) is 5.96. The average molecular weight is 250 g/mol. The number of rotatable bonds is 3. The predicted octanol–water partition coefficient (Wildman–Crippen LogP) is 2.77. The molecule has 1 heterocycles. The van der Waals surface area contributed by atoms with E-state index in [1.54, 1.807) is 12.1 Å². The van der Waals surface area contributed by atoms with Crippen LogP contribution in [0.25, 0.3) is 0 Å². The topological polar surface area (TPSA) is 47.9 Å². The number of nitrogens with zero attached hydrogens (tertiary/aromatic N) is 1. The van der Waals surface area contributed by atoms with E-state index >= 15 is 0 Å². The summed E-state index contributed by atoms with van der Waals surface area (Å²) in [5.41, 5.74) is 1.47. The van der Waals surface area contributed by atoms with Gasteiger partial charge >= 0.3 is 0 Å². The number of halogens is 1. The Morgan fingerprint density at radius 3 is 3.06 bits per heavy atom. The Kier molecular flexibility index (Phi) is 4.24. The first kappa shape index (κ1) is 12.2. The van der Waals surface area contributed by atoms with Crippen molar-refractivity contribution in [2.24, 2.45) is 0 Å².